The molecule has 0 radical (unpaired) electrons. The first-order chi connectivity index (χ1) is 16.0. The average Bonchev–Trinajstić information content (AvgIpc) is 2.81. The third-order valence-electron chi connectivity index (χ3n) is 6.26. The average molecular weight is 515 g/mol. The molecule has 0 atom stereocenters. The van der Waals surface area contributed by atoms with Crippen molar-refractivity contribution in [3.63, 3.8) is 0 Å². The van der Waals surface area contributed by atoms with Crippen molar-refractivity contribution in [3.05, 3.63) is 40.4 Å². The van der Waals surface area contributed by atoms with Crippen LogP contribution < -0.4 is 4.72 Å². The quantitative estimate of drug-likeness (QED) is 0.202. The number of unbranched alkanes of at least 4 members (excludes halogenated alkanes) is 14. The van der Waals surface area contributed by atoms with Crippen molar-refractivity contribution in [1.82, 2.24) is 4.72 Å². The highest BCUT2D eigenvalue weighted by Gasteiger charge is 2.20. The van der Waals surface area contributed by atoms with Crippen LogP contribution in [0, 0.1) is 0 Å². The minimum absolute atomic E-state index is 0.0498. The number of fused-ring (bicyclic) bond motifs is 1. The van der Waals surface area contributed by atoms with Gasteiger partial charge in [-0.1, -0.05) is 144 Å². The van der Waals surface area contributed by atoms with Crippen LogP contribution >= 0.6 is 23.2 Å². The second kappa shape index (κ2) is 16.0. The summed E-state index contributed by atoms with van der Waals surface area (Å²) in [5, 5.41) is 2.02. The molecule has 33 heavy (non-hydrogen) atoms. The van der Waals surface area contributed by atoms with Gasteiger partial charge in [-0.05, 0) is 12.5 Å². The highest BCUT2D eigenvalue weighted by atomic mass is 35.5. The van der Waals surface area contributed by atoms with Crippen molar-refractivity contribution in [2.24, 2.45) is 0 Å². The van der Waals surface area contributed by atoms with Crippen molar-refractivity contribution in [1.29, 1.82) is 0 Å². The lowest BCUT2D eigenvalue weighted by Crippen LogP contribution is -2.25. The molecule has 6 heteroatoms. The highest BCUT2D eigenvalue weighted by molar-refractivity contribution is 7.89. The Labute approximate surface area is 211 Å². The molecule has 186 valence electrons. The van der Waals surface area contributed by atoms with Gasteiger partial charge in [-0.2, -0.15) is 0 Å². The number of hydrogen-bond donors (Lipinski definition) is 1. The van der Waals surface area contributed by atoms with E-state index in [1.54, 1.807) is 6.07 Å². The molecular formula is C27H41Cl2NO2S. The standard InChI is InChI=1S/C27H41Cl2NO2S/c1-2-3-4-5-6-7-8-9-10-11-12-13-14-15-18-21-30-33(31,32)26-22-25(28)23-19-16-17-20-24(23)27(26)29/h16-17,19-20,22,30H,2-15,18,21H2,1H3. The Balaban J connectivity index is 1.55. The Hall–Kier alpha value is -0.810. The van der Waals surface area contributed by atoms with Gasteiger partial charge in [0.1, 0.15) is 4.90 Å². The summed E-state index contributed by atoms with van der Waals surface area (Å²) in [5.74, 6) is 0. The van der Waals surface area contributed by atoms with Crippen LogP contribution in [0.2, 0.25) is 10.0 Å². The molecule has 2 aromatic rings. The Kier molecular flexibility index (Phi) is 13.8. The molecule has 2 rings (SSSR count). The maximum Gasteiger partial charge on any atom is 0.242 e. The summed E-state index contributed by atoms with van der Waals surface area (Å²) in [4.78, 5) is 0.0498. The lowest BCUT2D eigenvalue weighted by atomic mass is 10.0. The van der Waals surface area contributed by atoms with Gasteiger partial charge in [-0.3, -0.25) is 0 Å². The molecule has 0 heterocycles. The van der Waals surface area contributed by atoms with Crippen molar-refractivity contribution < 1.29 is 8.42 Å². The van der Waals surface area contributed by atoms with E-state index in [-0.39, 0.29) is 9.92 Å². The van der Waals surface area contributed by atoms with E-state index in [0.29, 0.717) is 17.0 Å². The first-order valence-electron chi connectivity index (χ1n) is 12.8. The lowest BCUT2D eigenvalue weighted by molar-refractivity contribution is 0.530. The van der Waals surface area contributed by atoms with E-state index in [4.69, 9.17) is 23.2 Å². The Morgan fingerprint density at radius 3 is 1.67 bits per heavy atom. The van der Waals surface area contributed by atoms with Gasteiger partial charge in [0.05, 0.1) is 5.02 Å². The Bertz CT molecular complexity index is 931. The molecule has 0 saturated heterocycles. The minimum atomic E-state index is -3.69. The summed E-state index contributed by atoms with van der Waals surface area (Å²) < 4.78 is 28.2. The maximum absolute atomic E-state index is 12.7. The van der Waals surface area contributed by atoms with Crippen LogP contribution in [0.1, 0.15) is 103 Å². The predicted octanol–water partition coefficient (Wildman–Crippen LogP) is 9.30. The van der Waals surface area contributed by atoms with Gasteiger partial charge in [0.25, 0.3) is 0 Å². The van der Waals surface area contributed by atoms with E-state index in [9.17, 15) is 8.42 Å². The number of nitrogens with one attached hydrogen (secondary N) is 1. The zero-order valence-electron chi connectivity index (χ0n) is 20.2. The smallest absolute Gasteiger partial charge is 0.211 e. The fraction of sp³-hybridized carbons (Fsp3) is 0.630. The summed E-state index contributed by atoms with van der Waals surface area (Å²) in [7, 11) is -3.69. The van der Waals surface area contributed by atoms with E-state index in [1.165, 1.54) is 83.1 Å². The Morgan fingerprint density at radius 1 is 0.697 bits per heavy atom. The molecule has 0 aromatic heterocycles. The molecular weight excluding hydrogens is 473 g/mol. The van der Waals surface area contributed by atoms with Gasteiger partial charge >= 0.3 is 0 Å². The molecule has 0 saturated carbocycles. The second-order valence-corrected chi connectivity index (χ2v) is 11.6. The number of hydrogen-bond acceptors (Lipinski definition) is 2. The van der Waals surface area contributed by atoms with Gasteiger partial charge in [0.2, 0.25) is 10.0 Å². The van der Waals surface area contributed by atoms with Gasteiger partial charge in [0.15, 0.2) is 0 Å². The minimum Gasteiger partial charge on any atom is -0.211 e. The van der Waals surface area contributed by atoms with Crippen molar-refractivity contribution >= 4 is 44.0 Å². The molecule has 0 unspecified atom stereocenters. The first-order valence-corrected chi connectivity index (χ1v) is 15.1. The molecule has 0 fully saturated rings. The predicted molar refractivity (Wildman–Crippen MR) is 144 cm³/mol. The van der Waals surface area contributed by atoms with E-state index in [0.717, 1.165) is 24.6 Å². The maximum atomic E-state index is 12.7. The molecule has 0 aliphatic heterocycles. The van der Waals surface area contributed by atoms with Gasteiger partial charge < -0.3 is 0 Å². The molecule has 1 N–H and O–H groups in total. The number of rotatable bonds is 18. The van der Waals surface area contributed by atoms with Gasteiger partial charge in [0, 0.05) is 22.3 Å². The fourth-order valence-electron chi connectivity index (χ4n) is 4.25. The van der Waals surface area contributed by atoms with Crippen LogP contribution in [0.5, 0.6) is 0 Å². The summed E-state index contributed by atoms with van der Waals surface area (Å²) >= 11 is 12.7. The van der Waals surface area contributed by atoms with E-state index >= 15 is 0 Å². The zero-order valence-corrected chi connectivity index (χ0v) is 22.5. The molecule has 0 aliphatic rings. The third kappa shape index (κ3) is 10.1. The van der Waals surface area contributed by atoms with E-state index < -0.39 is 10.0 Å². The van der Waals surface area contributed by atoms with E-state index in [2.05, 4.69) is 11.6 Å². The zero-order chi connectivity index (χ0) is 23.9. The van der Waals surface area contributed by atoms with E-state index in [1.807, 2.05) is 18.2 Å². The lowest BCUT2D eigenvalue weighted by Gasteiger charge is -2.11. The van der Waals surface area contributed by atoms with Crippen LogP contribution in [0.4, 0.5) is 0 Å². The summed E-state index contributed by atoms with van der Waals surface area (Å²) in [6.45, 7) is 2.68. The Morgan fingerprint density at radius 2 is 1.15 bits per heavy atom. The molecule has 2 aromatic carbocycles. The second-order valence-electron chi connectivity index (χ2n) is 9.06. The highest BCUT2D eigenvalue weighted by Crippen LogP contribution is 2.35. The number of halogens is 2. The van der Waals surface area contributed by atoms with Gasteiger partial charge in [-0.25, -0.2) is 13.1 Å². The van der Waals surface area contributed by atoms with Crippen molar-refractivity contribution in [2.75, 3.05) is 6.54 Å². The molecule has 0 aliphatic carbocycles. The topological polar surface area (TPSA) is 46.2 Å². The van der Waals surface area contributed by atoms with Crippen LogP contribution in [-0.2, 0) is 10.0 Å². The summed E-state index contributed by atoms with van der Waals surface area (Å²) in [5.41, 5.74) is 0. The summed E-state index contributed by atoms with van der Waals surface area (Å²) in [6, 6.07) is 8.75. The number of sulfonamides is 1. The van der Waals surface area contributed by atoms with Gasteiger partial charge in [-0.15, -0.1) is 0 Å². The van der Waals surface area contributed by atoms with Crippen LogP contribution in [0.3, 0.4) is 0 Å². The molecule has 3 nitrogen and oxygen atoms in total. The SMILES string of the molecule is CCCCCCCCCCCCCCCCCNS(=O)(=O)c1cc(Cl)c2ccccc2c1Cl. The third-order valence-corrected chi connectivity index (χ3v) is 8.57. The number of benzene rings is 2. The van der Waals surface area contributed by atoms with Crippen LogP contribution in [-0.4, -0.2) is 15.0 Å². The fourth-order valence-corrected chi connectivity index (χ4v) is 6.30. The first kappa shape index (κ1) is 28.4. The molecule has 0 amide bonds. The summed E-state index contributed by atoms with van der Waals surface area (Å²) in [6.07, 6.45) is 19.3. The molecule has 0 bridgehead atoms. The molecule has 0 spiro atoms. The normalized spacial score (nSPS) is 12.0. The largest absolute Gasteiger partial charge is 0.242 e. The van der Waals surface area contributed by atoms with Crippen LogP contribution in [0.15, 0.2) is 35.2 Å². The van der Waals surface area contributed by atoms with Crippen molar-refractivity contribution in [2.45, 2.75) is 108 Å². The monoisotopic (exact) mass is 513 g/mol. The van der Waals surface area contributed by atoms with Crippen molar-refractivity contribution in [3.8, 4) is 0 Å². The van der Waals surface area contributed by atoms with Crippen LogP contribution in [0.25, 0.3) is 10.8 Å².